The van der Waals surface area contributed by atoms with Gasteiger partial charge in [-0.25, -0.2) is 0 Å². The molecule has 0 aromatic heterocycles. The van der Waals surface area contributed by atoms with Crippen LogP contribution in [0.4, 0.5) is 0 Å². The molecule has 1 aliphatic rings. The molecule has 0 atom stereocenters. The smallest absolute Gasteiger partial charge is 0.251 e. The second kappa shape index (κ2) is 7.80. The van der Waals surface area contributed by atoms with Crippen molar-refractivity contribution < 1.29 is 9.59 Å². The highest BCUT2D eigenvalue weighted by Crippen LogP contribution is 2.23. The van der Waals surface area contributed by atoms with E-state index < -0.39 is 0 Å². The summed E-state index contributed by atoms with van der Waals surface area (Å²) in [7, 11) is 0. The average Bonchev–Trinajstić information content (AvgIpc) is 2.48. The zero-order valence-electron chi connectivity index (χ0n) is 11.6. The molecule has 4 nitrogen and oxygen atoms in total. The number of amides is 2. The molecule has 1 aromatic carbocycles. The molecular formula is C15H18BrClN2O2. The Labute approximate surface area is 137 Å². The summed E-state index contributed by atoms with van der Waals surface area (Å²) in [5, 5.41) is 6.13. The molecular weight excluding hydrogens is 356 g/mol. The van der Waals surface area contributed by atoms with Crippen LogP contribution in [-0.2, 0) is 4.79 Å². The van der Waals surface area contributed by atoms with Crippen LogP contribution in [0.15, 0.2) is 22.7 Å². The van der Waals surface area contributed by atoms with Crippen molar-refractivity contribution in [2.24, 2.45) is 0 Å². The molecule has 1 aliphatic carbocycles. The van der Waals surface area contributed by atoms with Gasteiger partial charge in [-0.15, -0.1) is 0 Å². The van der Waals surface area contributed by atoms with Crippen LogP contribution in [0.5, 0.6) is 0 Å². The molecule has 0 heterocycles. The van der Waals surface area contributed by atoms with Crippen molar-refractivity contribution in [3.63, 3.8) is 0 Å². The minimum Gasteiger partial charge on any atom is -0.352 e. The lowest BCUT2D eigenvalue weighted by Gasteiger charge is -2.22. The predicted octanol–water partition coefficient (Wildman–Crippen LogP) is 3.28. The van der Waals surface area contributed by atoms with Gasteiger partial charge in [0.25, 0.3) is 5.91 Å². The summed E-state index contributed by atoms with van der Waals surface area (Å²) in [6, 6.07) is 5.16. The molecule has 2 N–H and O–H groups in total. The Balaban J connectivity index is 1.80. The van der Waals surface area contributed by atoms with Crippen LogP contribution in [0.3, 0.4) is 0 Å². The second-order valence-corrected chi connectivity index (χ2v) is 6.48. The van der Waals surface area contributed by atoms with E-state index in [0.717, 1.165) is 25.7 Å². The molecule has 0 aliphatic heterocycles. The van der Waals surface area contributed by atoms with Crippen LogP contribution in [0.2, 0.25) is 5.02 Å². The van der Waals surface area contributed by atoms with E-state index in [4.69, 9.17) is 11.6 Å². The Morgan fingerprint density at radius 1 is 1.24 bits per heavy atom. The minimum absolute atomic E-state index is 0.00439. The molecule has 0 unspecified atom stereocenters. The molecule has 1 saturated carbocycles. The highest BCUT2D eigenvalue weighted by molar-refractivity contribution is 9.10. The van der Waals surface area contributed by atoms with E-state index >= 15 is 0 Å². The maximum absolute atomic E-state index is 11.9. The van der Waals surface area contributed by atoms with Gasteiger partial charge in [-0.3, -0.25) is 9.59 Å². The fourth-order valence-electron chi connectivity index (χ4n) is 2.43. The average molecular weight is 374 g/mol. The number of rotatable bonds is 4. The van der Waals surface area contributed by atoms with E-state index in [1.807, 2.05) is 0 Å². The lowest BCUT2D eigenvalue weighted by Crippen LogP contribution is -2.42. The van der Waals surface area contributed by atoms with Gasteiger partial charge in [0, 0.05) is 16.1 Å². The monoisotopic (exact) mass is 372 g/mol. The van der Waals surface area contributed by atoms with E-state index in [1.165, 1.54) is 6.42 Å². The fraction of sp³-hybridized carbons (Fsp3) is 0.467. The topological polar surface area (TPSA) is 58.2 Å². The number of hydrogen-bond acceptors (Lipinski definition) is 2. The van der Waals surface area contributed by atoms with Crippen molar-refractivity contribution in [1.82, 2.24) is 10.6 Å². The van der Waals surface area contributed by atoms with E-state index in [2.05, 4.69) is 26.6 Å². The highest BCUT2D eigenvalue weighted by atomic mass is 79.9. The summed E-state index contributed by atoms with van der Waals surface area (Å²) >= 11 is 9.15. The zero-order valence-corrected chi connectivity index (χ0v) is 14.0. The molecule has 0 radical (unpaired) electrons. The van der Waals surface area contributed by atoms with Gasteiger partial charge >= 0.3 is 0 Å². The van der Waals surface area contributed by atoms with Crippen LogP contribution in [0, 0.1) is 0 Å². The number of nitrogens with one attached hydrogen (secondary N) is 2. The van der Waals surface area contributed by atoms with Gasteiger partial charge in [0.15, 0.2) is 0 Å². The van der Waals surface area contributed by atoms with E-state index in [-0.39, 0.29) is 24.4 Å². The first kappa shape index (κ1) is 16.3. The molecule has 0 spiro atoms. The Hall–Kier alpha value is -1.07. The minimum atomic E-state index is -0.286. The van der Waals surface area contributed by atoms with Crippen molar-refractivity contribution in [3.8, 4) is 0 Å². The van der Waals surface area contributed by atoms with Crippen molar-refractivity contribution in [1.29, 1.82) is 0 Å². The molecule has 0 bridgehead atoms. The van der Waals surface area contributed by atoms with Gasteiger partial charge < -0.3 is 10.6 Å². The third-order valence-corrected chi connectivity index (χ3v) is 4.78. The molecule has 0 saturated heterocycles. The van der Waals surface area contributed by atoms with Crippen molar-refractivity contribution in [2.75, 3.05) is 6.54 Å². The van der Waals surface area contributed by atoms with Crippen LogP contribution in [0.25, 0.3) is 0 Å². The van der Waals surface area contributed by atoms with E-state index in [0.29, 0.717) is 15.1 Å². The van der Waals surface area contributed by atoms with Crippen molar-refractivity contribution in [2.45, 2.75) is 38.1 Å². The summed E-state index contributed by atoms with van der Waals surface area (Å²) in [5.41, 5.74) is 0.469. The Kier molecular flexibility index (Phi) is 6.06. The first-order chi connectivity index (χ1) is 10.1. The quantitative estimate of drug-likeness (QED) is 0.851. The van der Waals surface area contributed by atoms with Crippen LogP contribution in [0.1, 0.15) is 42.5 Å². The molecule has 114 valence electrons. The predicted molar refractivity (Wildman–Crippen MR) is 86.5 cm³/mol. The number of halogens is 2. The van der Waals surface area contributed by atoms with Gasteiger partial charge in [-0.2, -0.15) is 0 Å². The standard InChI is InChI=1S/C15H18BrClN2O2/c16-12-8-10(6-7-13(12)17)15(21)18-9-14(20)19-11-4-2-1-3-5-11/h6-8,11H,1-5,9H2,(H,18,21)(H,19,20). The molecule has 21 heavy (non-hydrogen) atoms. The first-order valence-electron chi connectivity index (χ1n) is 7.09. The Morgan fingerprint density at radius 3 is 2.62 bits per heavy atom. The Morgan fingerprint density at radius 2 is 1.95 bits per heavy atom. The first-order valence-corrected chi connectivity index (χ1v) is 8.26. The largest absolute Gasteiger partial charge is 0.352 e. The van der Waals surface area contributed by atoms with Crippen LogP contribution >= 0.6 is 27.5 Å². The SMILES string of the molecule is O=C(CNC(=O)c1ccc(Cl)c(Br)c1)NC1CCCCC1. The normalized spacial score (nSPS) is 15.5. The lowest BCUT2D eigenvalue weighted by molar-refractivity contribution is -0.121. The van der Waals surface area contributed by atoms with Gasteiger partial charge in [-0.05, 0) is 47.0 Å². The second-order valence-electron chi connectivity index (χ2n) is 5.21. The van der Waals surface area contributed by atoms with Gasteiger partial charge in [0.1, 0.15) is 0 Å². The van der Waals surface area contributed by atoms with E-state index in [9.17, 15) is 9.59 Å². The number of benzene rings is 1. The zero-order chi connectivity index (χ0) is 15.2. The lowest BCUT2D eigenvalue weighted by atomic mass is 9.95. The third-order valence-electron chi connectivity index (χ3n) is 3.56. The van der Waals surface area contributed by atoms with Crippen LogP contribution < -0.4 is 10.6 Å². The maximum Gasteiger partial charge on any atom is 0.251 e. The summed E-state index contributed by atoms with van der Waals surface area (Å²) in [6.07, 6.45) is 5.63. The van der Waals surface area contributed by atoms with Gasteiger partial charge in [0.2, 0.25) is 5.91 Å². The van der Waals surface area contributed by atoms with Crippen LogP contribution in [-0.4, -0.2) is 24.4 Å². The summed E-state index contributed by atoms with van der Waals surface area (Å²) in [5.74, 6) is -0.422. The molecule has 2 amide bonds. The summed E-state index contributed by atoms with van der Waals surface area (Å²) in [6.45, 7) is -0.00439. The highest BCUT2D eigenvalue weighted by Gasteiger charge is 2.16. The van der Waals surface area contributed by atoms with Crippen molar-refractivity contribution >= 4 is 39.3 Å². The van der Waals surface area contributed by atoms with Gasteiger partial charge in [-0.1, -0.05) is 30.9 Å². The molecule has 6 heteroatoms. The summed E-state index contributed by atoms with van der Waals surface area (Å²) < 4.78 is 0.656. The fourth-order valence-corrected chi connectivity index (χ4v) is 2.92. The van der Waals surface area contributed by atoms with Gasteiger partial charge in [0.05, 0.1) is 11.6 Å². The molecule has 1 aromatic rings. The number of carbonyl (C=O) groups excluding carboxylic acids is 2. The molecule has 1 fully saturated rings. The van der Waals surface area contributed by atoms with Crippen molar-refractivity contribution in [3.05, 3.63) is 33.3 Å². The molecule has 2 rings (SSSR count). The Bertz CT molecular complexity index is 530. The number of hydrogen-bond donors (Lipinski definition) is 2. The van der Waals surface area contributed by atoms with E-state index in [1.54, 1.807) is 18.2 Å². The third kappa shape index (κ3) is 5.00. The maximum atomic E-state index is 11.9. The summed E-state index contributed by atoms with van der Waals surface area (Å²) in [4.78, 5) is 23.8. The number of carbonyl (C=O) groups is 2.